The number of nitrogens with zero attached hydrogens (tertiary/aromatic N) is 3. The lowest BCUT2D eigenvalue weighted by Crippen LogP contribution is -2.20. The molecule has 32 heavy (non-hydrogen) atoms. The van der Waals surface area contributed by atoms with E-state index in [1.165, 1.54) is 10.9 Å². The molecule has 0 saturated carbocycles. The van der Waals surface area contributed by atoms with Crippen molar-refractivity contribution >= 4 is 67.9 Å². The molecule has 162 valence electrons. The Morgan fingerprint density at radius 2 is 1.88 bits per heavy atom. The summed E-state index contributed by atoms with van der Waals surface area (Å²) >= 11 is 21.6. The molecule has 0 N–H and O–H groups in total. The monoisotopic (exact) mass is 549 g/mol. The fourth-order valence-electron chi connectivity index (χ4n) is 3.06. The van der Waals surface area contributed by atoms with Gasteiger partial charge in [-0.1, -0.05) is 56.8 Å². The van der Waals surface area contributed by atoms with Crippen molar-refractivity contribution in [3.05, 3.63) is 101 Å². The zero-order chi connectivity index (χ0) is 22.8. The third kappa shape index (κ3) is 4.99. The van der Waals surface area contributed by atoms with Gasteiger partial charge in [-0.2, -0.15) is 9.78 Å². The van der Waals surface area contributed by atoms with E-state index in [-0.39, 0.29) is 12.2 Å². The van der Waals surface area contributed by atoms with E-state index in [0.29, 0.717) is 43.1 Å². The second kappa shape index (κ2) is 9.63. The van der Waals surface area contributed by atoms with Crippen LogP contribution in [-0.4, -0.2) is 15.9 Å². The van der Waals surface area contributed by atoms with Crippen LogP contribution in [0.4, 0.5) is 0 Å². The lowest BCUT2D eigenvalue weighted by molar-refractivity contribution is 0.306. The summed E-state index contributed by atoms with van der Waals surface area (Å²) < 4.78 is 7.98. The molecule has 0 unspecified atom stereocenters. The van der Waals surface area contributed by atoms with E-state index < -0.39 is 0 Å². The number of rotatable bonds is 5. The summed E-state index contributed by atoms with van der Waals surface area (Å²) in [5, 5.41) is 6.27. The Morgan fingerprint density at radius 1 is 1.06 bits per heavy atom. The van der Waals surface area contributed by atoms with Crippen LogP contribution in [0.15, 0.2) is 69.0 Å². The van der Waals surface area contributed by atoms with Gasteiger partial charge < -0.3 is 4.74 Å². The number of ether oxygens (including phenoxy) is 1. The molecule has 0 radical (unpaired) electrons. The third-order valence-electron chi connectivity index (χ3n) is 4.63. The summed E-state index contributed by atoms with van der Waals surface area (Å²) in [6, 6.07) is 15.8. The second-order valence-electron chi connectivity index (χ2n) is 6.90. The maximum atomic E-state index is 13.0. The van der Waals surface area contributed by atoms with Gasteiger partial charge in [0.15, 0.2) is 0 Å². The Morgan fingerprint density at radius 3 is 2.66 bits per heavy atom. The molecule has 0 aliphatic rings. The van der Waals surface area contributed by atoms with Crippen molar-refractivity contribution in [3.8, 4) is 5.75 Å². The van der Waals surface area contributed by atoms with Crippen LogP contribution in [0, 0.1) is 6.92 Å². The van der Waals surface area contributed by atoms with Crippen molar-refractivity contribution < 1.29 is 4.74 Å². The first-order valence-electron chi connectivity index (χ1n) is 9.41. The average Bonchev–Trinajstić information content (AvgIpc) is 2.76. The lowest BCUT2D eigenvalue weighted by Gasteiger charge is -2.11. The molecule has 0 atom stereocenters. The zero-order valence-electron chi connectivity index (χ0n) is 16.7. The predicted molar refractivity (Wildman–Crippen MR) is 134 cm³/mol. The van der Waals surface area contributed by atoms with Gasteiger partial charge in [0.05, 0.1) is 27.2 Å². The van der Waals surface area contributed by atoms with Crippen molar-refractivity contribution in [2.45, 2.75) is 13.5 Å². The maximum Gasteiger partial charge on any atom is 0.282 e. The van der Waals surface area contributed by atoms with Crippen LogP contribution in [0.3, 0.4) is 0 Å². The molecule has 0 saturated heterocycles. The van der Waals surface area contributed by atoms with Gasteiger partial charge in [-0.05, 0) is 61.0 Å². The average molecular weight is 552 g/mol. The summed E-state index contributed by atoms with van der Waals surface area (Å²) in [5.74, 6) is 1.01. The van der Waals surface area contributed by atoms with Crippen molar-refractivity contribution in [3.63, 3.8) is 0 Å². The van der Waals surface area contributed by atoms with Crippen LogP contribution in [0.25, 0.3) is 10.9 Å². The van der Waals surface area contributed by atoms with Gasteiger partial charge >= 0.3 is 0 Å². The minimum absolute atomic E-state index is 0.268. The summed E-state index contributed by atoms with van der Waals surface area (Å²) in [4.78, 5) is 17.4. The summed E-state index contributed by atoms with van der Waals surface area (Å²) in [5.41, 5.74) is 1.80. The standard InChI is InChI=1S/C23H15BrCl3N3O2/c1-13-29-21-6-3-16(24)10-18(21)23(31)30(13)28-11-15-9-17(25)4-7-22(15)32-12-14-2-5-19(26)20(27)8-14/h2-11H,12H2,1H3. The predicted octanol–water partition coefficient (Wildman–Crippen LogP) is 6.89. The van der Waals surface area contributed by atoms with E-state index in [1.807, 2.05) is 12.1 Å². The molecule has 0 amide bonds. The molecule has 1 heterocycles. The van der Waals surface area contributed by atoms with Crippen LogP contribution >= 0.6 is 50.7 Å². The van der Waals surface area contributed by atoms with Crippen LogP contribution in [0.1, 0.15) is 17.0 Å². The number of fused-ring (bicyclic) bond motifs is 1. The Bertz CT molecular complexity index is 1420. The van der Waals surface area contributed by atoms with Gasteiger partial charge in [-0.3, -0.25) is 4.79 Å². The SMILES string of the molecule is Cc1nc2ccc(Br)cc2c(=O)n1N=Cc1cc(Cl)ccc1OCc1ccc(Cl)c(Cl)c1. The number of aryl methyl sites for hydroxylation is 1. The van der Waals surface area contributed by atoms with E-state index in [2.05, 4.69) is 26.0 Å². The Hall–Kier alpha value is -2.38. The highest BCUT2D eigenvalue weighted by atomic mass is 79.9. The molecule has 0 aliphatic carbocycles. The van der Waals surface area contributed by atoms with E-state index in [1.54, 1.807) is 49.4 Å². The quantitative estimate of drug-likeness (QED) is 0.254. The van der Waals surface area contributed by atoms with Gasteiger partial charge in [0.2, 0.25) is 0 Å². The number of benzene rings is 3. The summed E-state index contributed by atoms with van der Waals surface area (Å²) in [6.07, 6.45) is 1.52. The maximum absolute atomic E-state index is 13.0. The smallest absolute Gasteiger partial charge is 0.282 e. The van der Waals surface area contributed by atoms with E-state index in [0.717, 1.165) is 10.0 Å². The first-order valence-corrected chi connectivity index (χ1v) is 11.3. The molecule has 4 aromatic rings. The minimum atomic E-state index is -0.273. The van der Waals surface area contributed by atoms with E-state index in [9.17, 15) is 4.79 Å². The number of aromatic nitrogens is 2. The molecular weight excluding hydrogens is 537 g/mol. The van der Waals surface area contributed by atoms with Crippen molar-refractivity contribution in [2.75, 3.05) is 0 Å². The molecule has 9 heteroatoms. The van der Waals surface area contributed by atoms with Crippen molar-refractivity contribution in [1.82, 2.24) is 9.66 Å². The molecule has 3 aromatic carbocycles. The molecule has 5 nitrogen and oxygen atoms in total. The Kier molecular flexibility index (Phi) is 6.86. The molecule has 1 aromatic heterocycles. The zero-order valence-corrected chi connectivity index (χ0v) is 20.5. The minimum Gasteiger partial charge on any atom is -0.488 e. The number of halogens is 4. The first-order chi connectivity index (χ1) is 15.3. The van der Waals surface area contributed by atoms with Gasteiger partial charge in [0.25, 0.3) is 5.56 Å². The fraction of sp³-hybridized carbons (Fsp3) is 0.0870. The highest BCUT2D eigenvalue weighted by molar-refractivity contribution is 9.10. The highest BCUT2D eigenvalue weighted by Crippen LogP contribution is 2.26. The first kappa shape index (κ1) is 22.8. The number of hydrogen-bond acceptors (Lipinski definition) is 4. The lowest BCUT2D eigenvalue weighted by atomic mass is 10.2. The largest absolute Gasteiger partial charge is 0.488 e. The van der Waals surface area contributed by atoms with Gasteiger partial charge in [0.1, 0.15) is 18.2 Å². The molecule has 0 spiro atoms. The van der Waals surface area contributed by atoms with Crippen LogP contribution in [-0.2, 0) is 6.61 Å². The van der Waals surface area contributed by atoms with Gasteiger partial charge in [-0.25, -0.2) is 4.98 Å². The molecule has 0 bridgehead atoms. The fourth-order valence-corrected chi connectivity index (χ4v) is 3.92. The summed E-state index contributed by atoms with van der Waals surface area (Å²) in [7, 11) is 0. The Balaban J connectivity index is 1.66. The molecule has 0 fully saturated rings. The topological polar surface area (TPSA) is 56.5 Å². The van der Waals surface area contributed by atoms with Gasteiger partial charge in [0, 0.05) is 15.1 Å². The summed E-state index contributed by atoms with van der Waals surface area (Å²) in [6.45, 7) is 1.99. The highest BCUT2D eigenvalue weighted by Gasteiger charge is 2.09. The van der Waals surface area contributed by atoms with Crippen LogP contribution < -0.4 is 10.3 Å². The third-order valence-corrected chi connectivity index (χ3v) is 6.10. The van der Waals surface area contributed by atoms with E-state index >= 15 is 0 Å². The Labute approximate surface area is 207 Å². The second-order valence-corrected chi connectivity index (χ2v) is 9.07. The van der Waals surface area contributed by atoms with Crippen LogP contribution in [0.5, 0.6) is 5.75 Å². The molecular formula is C23H15BrCl3N3O2. The van der Waals surface area contributed by atoms with Crippen molar-refractivity contribution in [2.24, 2.45) is 5.10 Å². The van der Waals surface area contributed by atoms with E-state index in [4.69, 9.17) is 39.5 Å². The van der Waals surface area contributed by atoms with Crippen molar-refractivity contribution in [1.29, 1.82) is 0 Å². The molecule has 0 aliphatic heterocycles. The van der Waals surface area contributed by atoms with Gasteiger partial charge in [-0.15, -0.1) is 0 Å². The van der Waals surface area contributed by atoms with Crippen LogP contribution in [0.2, 0.25) is 15.1 Å². The normalized spacial score (nSPS) is 11.4. The number of hydrogen-bond donors (Lipinski definition) is 0. The molecule has 4 rings (SSSR count).